The SMILES string of the molecule is C[C@H]([NH3+])Cn1cncn1. The summed E-state index contributed by atoms with van der Waals surface area (Å²) < 4.78 is 1.78. The Bertz CT molecular complexity index is 155. The maximum Gasteiger partial charge on any atom is 0.137 e. The fourth-order valence-corrected chi connectivity index (χ4v) is 0.646. The van der Waals surface area contributed by atoms with Crippen LogP contribution in [0.3, 0.4) is 0 Å². The molecule has 3 N–H and O–H groups in total. The molecule has 0 saturated heterocycles. The van der Waals surface area contributed by atoms with Crippen LogP contribution in [0.1, 0.15) is 6.92 Å². The molecule has 0 bridgehead atoms. The van der Waals surface area contributed by atoms with Crippen molar-refractivity contribution in [2.75, 3.05) is 0 Å². The Morgan fingerprint density at radius 2 is 2.56 bits per heavy atom. The maximum absolute atomic E-state index is 3.92. The Balaban J connectivity index is 2.48. The minimum Gasteiger partial charge on any atom is -0.354 e. The summed E-state index contributed by atoms with van der Waals surface area (Å²) in [5.74, 6) is 0. The molecule has 1 heterocycles. The second-order valence-corrected chi connectivity index (χ2v) is 2.22. The fraction of sp³-hybridized carbons (Fsp3) is 0.600. The number of hydrogen-bond donors (Lipinski definition) is 1. The van der Waals surface area contributed by atoms with Gasteiger partial charge in [-0.05, 0) is 6.92 Å². The van der Waals surface area contributed by atoms with Crippen LogP contribution in [0.5, 0.6) is 0 Å². The van der Waals surface area contributed by atoms with Crippen LogP contribution in [0, 0.1) is 0 Å². The zero-order chi connectivity index (χ0) is 6.69. The molecule has 0 saturated carbocycles. The van der Waals surface area contributed by atoms with E-state index in [1.54, 1.807) is 11.0 Å². The molecule has 0 aliphatic carbocycles. The Labute approximate surface area is 53.7 Å². The molecule has 9 heavy (non-hydrogen) atoms. The molecule has 50 valence electrons. The first-order chi connectivity index (χ1) is 4.29. The molecule has 1 aromatic heterocycles. The molecule has 0 spiro atoms. The maximum atomic E-state index is 3.92. The van der Waals surface area contributed by atoms with Crippen molar-refractivity contribution < 1.29 is 5.73 Å². The topological polar surface area (TPSA) is 58.4 Å². The average Bonchev–Trinajstić information content (AvgIpc) is 2.15. The first-order valence-electron chi connectivity index (χ1n) is 2.94. The number of quaternary nitrogens is 1. The van der Waals surface area contributed by atoms with E-state index in [1.807, 2.05) is 6.92 Å². The summed E-state index contributed by atoms with van der Waals surface area (Å²) in [5.41, 5.74) is 3.82. The minimum absolute atomic E-state index is 0.395. The van der Waals surface area contributed by atoms with E-state index in [-0.39, 0.29) is 0 Å². The molecule has 0 fully saturated rings. The lowest BCUT2D eigenvalue weighted by molar-refractivity contribution is -0.417. The third-order valence-electron chi connectivity index (χ3n) is 0.965. The van der Waals surface area contributed by atoms with E-state index in [1.165, 1.54) is 6.33 Å². The summed E-state index contributed by atoms with van der Waals surface area (Å²) in [6, 6.07) is 0.395. The van der Waals surface area contributed by atoms with Crippen molar-refractivity contribution in [1.82, 2.24) is 14.8 Å². The van der Waals surface area contributed by atoms with Gasteiger partial charge in [-0.2, -0.15) is 5.10 Å². The van der Waals surface area contributed by atoms with Crippen LogP contribution >= 0.6 is 0 Å². The second kappa shape index (κ2) is 2.59. The van der Waals surface area contributed by atoms with Gasteiger partial charge in [-0.25, -0.2) is 9.67 Å². The first kappa shape index (κ1) is 6.22. The standard InChI is InChI=1S/C5H10N4/c1-5(6)2-9-4-7-3-8-9/h3-5H,2,6H2,1H3/p+1/t5-/m0/s1. The molecule has 0 aliphatic heterocycles. The Morgan fingerprint density at radius 3 is 3.00 bits per heavy atom. The van der Waals surface area contributed by atoms with Crippen molar-refractivity contribution in [3.63, 3.8) is 0 Å². The summed E-state index contributed by atoms with van der Waals surface area (Å²) in [6.07, 6.45) is 3.23. The van der Waals surface area contributed by atoms with Gasteiger partial charge in [0.05, 0.1) is 6.54 Å². The molecule has 4 nitrogen and oxygen atoms in total. The van der Waals surface area contributed by atoms with Gasteiger partial charge < -0.3 is 5.73 Å². The van der Waals surface area contributed by atoms with E-state index in [2.05, 4.69) is 15.8 Å². The third-order valence-corrected chi connectivity index (χ3v) is 0.965. The summed E-state index contributed by atoms with van der Waals surface area (Å²) in [6.45, 7) is 2.89. The molecule has 1 atom stereocenters. The zero-order valence-electron chi connectivity index (χ0n) is 5.49. The van der Waals surface area contributed by atoms with E-state index < -0.39 is 0 Å². The van der Waals surface area contributed by atoms with E-state index >= 15 is 0 Å². The van der Waals surface area contributed by atoms with Crippen LogP contribution < -0.4 is 5.73 Å². The van der Waals surface area contributed by atoms with E-state index in [0.29, 0.717) is 6.04 Å². The highest BCUT2D eigenvalue weighted by Gasteiger charge is 1.97. The molecular formula is C5H11N4+. The minimum atomic E-state index is 0.395. The zero-order valence-corrected chi connectivity index (χ0v) is 5.49. The van der Waals surface area contributed by atoms with Crippen LogP contribution in [-0.4, -0.2) is 20.8 Å². The van der Waals surface area contributed by atoms with Gasteiger partial charge in [0.1, 0.15) is 18.7 Å². The molecule has 1 rings (SSSR count). The molecular weight excluding hydrogens is 116 g/mol. The first-order valence-corrected chi connectivity index (χ1v) is 2.94. The monoisotopic (exact) mass is 127 g/mol. The Kier molecular flexibility index (Phi) is 1.79. The van der Waals surface area contributed by atoms with Gasteiger partial charge in [0.2, 0.25) is 0 Å². The second-order valence-electron chi connectivity index (χ2n) is 2.22. The average molecular weight is 127 g/mol. The predicted octanol–water partition coefficient (Wildman–Crippen LogP) is -1.09. The van der Waals surface area contributed by atoms with Crippen molar-refractivity contribution in [2.45, 2.75) is 19.5 Å². The van der Waals surface area contributed by atoms with Crippen LogP contribution in [-0.2, 0) is 6.54 Å². The van der Waals surface area contributed by atoms with Crippen LogP contribution in [0.4, 0.5) is 0 Å². The van der Waals surface area contributed by atoms with E-state index in [4.69, 9.17) is 0 Å². The molecule has 0 aromatic carbocycles. The largest absolute Gasteiger partial charge is 0.354 e. The summed E-state index contributed by atoms with van der Waals surface area (Å²) in [4.78, 5) is 3.80. The van der Waals surface area contributed by atoms with Crippen molar-refractivity contribution in [3.05, 3.63) is 12.7 Å². The fourth-order valence-electron chi connectivity index (χ4n) is 0.646. The van der Waals surface area contributed by atoms with Crippen LogP contribution in [0.15, 0.2) is 12.7 Å². The Morgan fingerprint density at radius 1 is 1.78 bits per heavy atom. The van der Waals surface area contributed by atoms with Crippen LogP contribution in [0.25, 0.3) is 0 Å². The van der Waals surface area contributed by atoms with Crippen molar-refractivity contribution in [3.8, 4) is 0 Å². The Hall–Kier alpha value is -0.900. The summed E-state index contributed by atoms with van der Waals surface area (Å²) in [5, 5.41) is 3.92. The highest BCUT2D eigenvalue weighted by Crippen LogP contribution is 1.80. The van der Waals surface area contributed by atoms with E-state index in [0.717, 1.165) is 6.54 Å². The summed E-state index contributed by atoms with van der Waals surface area (Å²) in [7, 11) is 0. The van der Waals surface area contributed by atoms with Gasteiger partial charge >= 0.3 is 0 Å². The molecule has 0 unspecified atom stereocenters. The van der Waals surface area contributed by atoms with Gasteiger partial charge in [0.25, 0.3) is 0 Å². The van der Waals surface area contributed by atoms with Crippen molar-refractivity contribution >= 4 is 0 Å². The number of rotatable bonds is 2. The van der Waals surface area contributed by atoms with Crippen molar-refractivity contribution in [1.29, 1.82) is 0 Å². The van der Waals surface area contributed by atoms with Gasteiger partial charge in [-0.1, -0.05) is 0 Å². The number of nitrogens with zero attached hydrogens (tertiary/aromatic N) is 3. The predicted molar refractivity (Wildman–Crippen MR) is 32.4 cm³/mol. The molecule has 4 heteroatoms. The van der Waals surface area contributed by atoms with E-state index in [9.17, 15) is 0 Å². The molecule has 0 aliphatic rings. The van der Waals surface area contributed by atoms with Gasteiger partial charge in [-0.15, -0.1) is 0 Å². The molecule has 1 aromatic rings. The van der Waals surface area contributed by atoms with Gasteiger partial charge in [0.15, 0.2) is 0 Å². The lowest BCUT2D eigenvalue weighted by atomic mass is 10.4. The normalized spacial score (nSPS) is 13.6. The van der Waals surface area contributed by atoms with Gasteiger partial charge in [-0.3, -0.25) is 0 Å². The lowest BCUT2D eigenvalue weighted by Gasteiger charge is -1.98. The number of aromatic nitrogens is 3. The van der Waals surface area contributed by atoms with Crippen molar-refractivity contribution in [2.24, 2.45) is 0 Å². The van der Waals surface area contributed by atoms with Crippen LogP contribution in [0.2, 0.25) is 0 Å². The summed E-state index contributed by atoms with van der Waals surface area (Å²) >= 11 is 0. The highest BCUT2D eigenvalue weighted by molar-refractivity contribution is 4.56. The smallest absolute Gasteiger partial charge is 0.137 e. The number of hydrogen-bond acceptors (Lipinski definition) is 2. The molecule has 0 amide bonds. The highest BCUT2D eigenvalue weighted by atomic mass is 15.3. The van der Waals surface area contributed by atoms with Gasteiger partial charge in [0, 0.05) is 0 Å². The lowest BCUT2D eigenvalue weighted by Crippen LogP contribution is -2.60. The third kappa shape index (κ3) is 1.81. The quantitative estimate of drug-likeness (QED) is 0.548. The molecule has 0 radical (unpaired) electrons.